The quantitative estimate of drug-likeness (QED) is 0.374. The molecule has 9 nitrogen and oxygen atoms in total. The van der Waals surface area contributed by atoms with E-state index in [1.54, 1.807) is 18.2 Å². The van der Waals surface area contributed by atoms with Crippen LogP contribution in [-0.4, -0.2) is 76.1 Å². The normalized spacial score (nSPS) is 13.6. The molecule has 0 aliphatic carbocycles. The highest BCUT2D eigenvalue weighted by molar-refractivity contribution is 6.25. The molecule has 0 saturated carbocycles. The first kappa shape index (κ1) is 19.9. The molecule has 0 atom stereocenters. The van der Waals surface area contributed by atoms with Crippen LogP contribution in [0.5, 0.6) is 0 Å². The topological polar surface area (TPSA) is 124 Å². The van der Waals surface area contributed by atoms with Crippen LogP contribution >= 0.6 is 0 Å². The zero-order valence-corrected chi connectivity index (χ0v) is 15.2. The molecule has 0 bridgehead atoms. The first-order valence-corrected chi connectivity index (χ1v) is 8.99. The third kappa shape index (κ3) is 3.72. The Hall–Kier alpha value is -2.88. The van der Waals surface area contributed by atoms with Gasteiger partial charge in [0.1, 0.15) is 0 Å². The molecular formula is C19H21N3O6. The fourth-order valence-corrected chi connectivity index (χ4v) is 3.52. The molecule has 2 aromatic carbocycles. The van der Waals surface area contributed by atoms with Gasteiger partial charge in [-0.25, -0.2) is 0 Å². The van der Waals surface area contributed by atoms with Crippen molar-refractivity contribution in [2.45, 2.75) is 6.42 Å². The molecule has 3 rings (SSSR count). The number of imide groups is 1. The van der Waals surface area contributed by atoms with Crippen molar-refractivity contribution in [3.63, 3.8) is 0 Å². The van der Waals surface area contributed by atoms with E-state index in [2.05, 4.69) is 0 Å². The monoisotopic (exact) mass is 387 g/mol. The zero-order chi connectivity index (χ0) is 20.3. The summed E-state index contributed by atoms with van der Waals surface area (Å²) in [4.78, 5) is 39.3. The predicted octanol–water partition coefficient (Wildman–Crippen LogP) is 1.02. The van der Waals surface area contributed by atoms with Crippen LogP contribution in [0, 0.1) is 10.1 Å². The van der Waals surface area contributed by atoms with Gasteiger partial charge in [0.15, 0.2) is 0 Å². The van der Waals surface area contributed by atoms with Crippen LogP contribution in [0.15, 0.2) is 30.3 Å². The number of benzene rings is 2. The van der Waals surface area contributed by atoms with Crippen molar-refractivity contribution in [3.8, 4) is 0 Å². The number of non-ortho nitro benzene ring substituents is 1. The maximum absolute atomic E-state index is 12.9. The van der Waals surface area contributed by atoms with Crippen molar-refractivity contribution in [1.82, 2.24) is 9.80 Å². The molecule has 2 aromatic rings. The lowest BCUT2D eigenvalue weighted by atomic mass is 9.93. The second-order valence-electron chi connectivity index (χ2n) is 6.56. The minimum absolute atomic E-state index is 0.0549. The van der Waals surface area contributed by atoms with Crippen LogP contribution in [0.1, 0.15) is 27.1 Å². The van der Waals surface area contributed by atoms with E-state index < -0.39 is 16.7 Å². The molecular weight excluding hydrogens is 366 g/mol. The molecule has 1 aliphatic heterocycles. The number of rotatable bonds is 9. The van der Waals surface area contributed by atoms with Gasteiger partial charge in [0, 0.05) is 49.3 Å². The molecule has 2 N–H and O–H groups in total. The predicted molar refractivity (Wildman–Crippen MR) is 101 cm³/mol. The average molecular weight is 387 g/mol. The summed E-state index contributed by atoms with van der Waals surface area (Å²) in [6.45, 7) is 1.29. The standard InChI is InChI=1S/C19H21N3O6/c23-9-7-20(8-10-24)5-2-6-21-18(25)15-4-1-3-13-11-14(22(27)28)12-16(17(13)15)19(21)26/h1,3-4,11-12,23-24H,2,5-10H2. The number of hydrogen-bond acceptors (Lipinski definition) is 7. The first-order chi connectivity index (χ1) is 13.5. The Morgan fingerprint density at radius 3 is 2.32 bits per heavy atom. The largest absolute Gasteiger partial charge is 0.395 e. The Morgan fingerprint density at radius 2 is 1.68 bits per heavy atom. The van der Waals surface area contributed by atoms with Crippen molar-refractivity contribution in [3.05, 3.63) is 51.6 Å². The van der Waals surface area contributed by atoms with Crippen molar-refractivity contribution >= 4 is 28.3 Å². The SMILES string of the molecule is O=C1c2cccc3cc([N+](=O)[O-])cc(c23)C(=O)N1CCCN(CCO)CCO. The number of carbonyl (C=O) groups is 2. The summed E-state index contributed by atoms with van der Waals surface area (Å²) < 4.78 is 0. The summed E-state index contributed by atoms with van der Waals surface area (Å²) in [5.74, 6) is -0.971. The van der Waals surface area contributed by atoms with E-state index >= 15 is 0 Å². The van der Waals surface area contributed by atoms with E-state index in [1.165, 1.54) is 12.1 Å². The summed E-state index contributed by atoms with van der Waals surface area (Å²) in [6, 6.07) is 7.48. The minimum atomic E-state index is -0.557. The number of carbonyl (C=O) groups excluding carboxylic acids is 2. The van der Waals surface area contributed by atoms with Crippen LogP contribution in [0.3, 0.4) is 0 Å². The molecule has 0 aromatic heterocycles. The summed E-state index contributed by atoms with van der Waals surface area (Å²) in [7, 11) is 0. The number of nitro groups is 1. The molecule has 148 valence electrons. The van der Waals surface area contributed by atoms with Gasteiger partial charge in [-0.2, -0.15) is 0 Å². The molecule has 1 aliphatic rings. The maximum atomic E-state index is 12.9. The van der Waals surface area contributed by atoms with Gasteiger partial charge < -0.3 is 10.2 Å². The van der Waals surface area contributed by atoms with Gasteiger partial charge in [0.05, 0.1) is 23.7 Å². The van der Waals surface area contributed by atoms with Crippen LogP contribution in [0.4, 0.5) is 5.69 Å². The lowest BCUT2D eigenvalue weighted by molar-refractivity contribution is -0.384. The Labute approximate surface area is 160 Å². The number of amides is 2. The number of nitrogens with zero attached hydrogens (tertiary/aromatic N) is 3. The molecule has 0 radical (unpaired) electrons. The van der Waals surface area contributed by atoms with Gasteiger partial charge in [-0.1, -0.05) is 12.1 Å². The van der Waals surface area contributed by atoms with Crippen LogP contribution < -0.4 is 0 Å². The smallest absolute Gasteiger partial charge is 0.270 e. The van der Waals surface area contributed by atoms with Gasteiger partial charge in [-0.15, -0.1) is 0 Å². The number of hydrogen-bond donors (Lipinski definition) is 2. The molecule has 2 amide bonds. The number of aliphatic hydroxyl groups is 2. The van der Waals surface area contributed by atoms with Crippen LogP contribution in [0.2, 0.25) is 0 Å². The molecule has 0 saturated heterocycles. The molecule has 0 spiro atoms. The zero-order valence-electron chi connectivity index (χ0n) is 15.2. The van der Waals surface area contributed by atoms with E-state index in [0.29, 0.717) is 42.4 Å². The fourth-order valence-electron chi connectivity index (χ4n) is 3.52. The Morgan fingerprint density at radius 1 is 1.00 bits per heavy atom. The van der Waals surface area contributed by atoms with Crippen molar-refractivity contribution in [1.29, 1.82) is 0 Å². The minimum Gasteiger partial charge on any atom is -0.395 e. The molecule has 1 heterocycles. The third-order valence-electron chi connectivity index (χ3n) is 4.81. The summed E-state index contributed by atoms with van der Waals surface area (Å²) in [5.41, 5.74) is 0.311. The van der Waals surface area contributed by atoms with E-state index in [9.17, 15) is 19.7 Å². The highest BCUT2D eigenvalue weighted by atomic mass is 16.6. The fraction of sp³-hybridized carbons (Fsp3) is 0.368. The Bertz CT molecular complexity index is 923. The molecule has 9 heteroatoms. The average Bonchev–Trinajstić information content (AvgIpc) is 2.68. The van der Waals surface area contributed by atoms with E-state index in [1.807, 2.05) is 4.90 Å². The van der Waals surface area contributed by atoms with Crippen molar-refractivity contribution < 1.29 is 24.7 Å². The second kappa shape index (κ2) is 8.42. The van der Waals surface area contributed by atoms with Crippen molar-refractivity contribution in [2.75, 3.05) is 39.4 Å². The maximum Gasteiger partial charge on any atom is 0.270 e. The Kier molecular flexibility index (Phi) is 5.98. The van der Waals surface area contributed by atoms with Gasteiger partial charge in [-0.3, -0.25) is 29.5 Å². The van der Waals surface area contributed by atoms with E-state index in [-0.39, 0.29) is 31.0 Å². The first-order valence-electron chi connectivity index (χ1n) is 8.99. The number of nitro benzene ring substituents is 1. The lowest BCUT2D eigenvalue weighted by Gasteiger charge is -2.28. The lowest BCUT2D eigenvalue weighted by Crippen LogP contribution is -2.42. The van der Waals surface area contributed by atoms with Gasteiger partial charge in [0.2, 0.25) is 0 Å². The van der Waals surface area contributed by atoms with Gasteiger partial charge in [0.25, 0.3) is 17.5 Å². The third-order valence-corrected chi connectivity index (χ3v) is 4.81. The van der Waals surface area contributed by atoms with Crippen LogP contribution in [0.25, 0.3) is 10.8 Å². The van der Waals surface area contributed by atoms with Gasteiger partial charge in [-0.05, 0) is 17.9 Å². The van der Waals surface area contributed by atoms with E-state index in [0.717, 1.165) is 4.90 Å². The van der Waals surface area contributed by atoms with Crippen molar-refractivity contribution in [2.24, 2.45) is 0 Å². The highest BCUT2D eigenvalue weighted by Gasteiger charge is 2.33. The van der Waals surface area contributed by atoms with Crippen LogP contribution in [-0.2, 0) is 0 Å². The molecule has 28 heavy (non-hydrogen) atoms. The summed E-state index contributed by atoms with van der Waals surface area (Å²) >= 11 is 0. The number of aliphatic hydroxyl groups excluding tert-OH is 2. The molecule has 0 fully saturated rings. The molecule has 0 unspecified atom stereocenters. The van der Waals surface area contributed by atoms with E-state index in [4.69, 9.17) is 10.2 Å². The Balaban J connectivity index is 1.87. The summed E-state index contributed by atoms with van der Waals surface area (Å²) in [6.07, 6.45) is 0.456. The summed E-state index contributed by atoms with van der Waals surface area (Å²) in [5, 5.41) is 30.3. The van der Waals surface area contributed by atoms with Gasteiger partial charge >= 0.3 is 0 Å². The second-order valence-corrected chi connectivity index (χ2v) is 6.56. The highest BCUT2D eigenvalue weighted by Crippen LogP contribution is 2.33.